The maximum atomic E-state index is 12.8. The fourth-order valence-electron chi connectivity index (χ4n) is 2.07. The average Bonchev–Trinajstić information content (AvgIpc) is 2.99. The first-order valence-electron chi connectivity index (χ1n) is 6.84. The first-order chi connectivity index (χ1) is 10.7. The van der Waals surface area contributed by atoms with Crippen molar-refractivity contribution in [2.45, 2.75) is 6.54 Å². The van der Waals surface area contributed by atoms with E-state index in [9.17, 15) is 9.18 Å². The van der Waals surface area contributed by atoms with Gasteiger partial charge in [-0.3, -0.25) is 9.48 Å². The summed E-state index contributed by atoms with van der Waals surface area (Å²) in [6.07, 6.45) is 3.20. The molecule has 1 aromatic heterocycles. The highest BCUT2D eigenvalue weighted by atomic mass is 19.1. The van der Waals surface area contributed by atoms with Crippen LogP contribution >= 0.6 is 0 Å². The third-order valence-electron chi connectivity index (χ3n) is 3.18. The normalized spacial score (nSPS) is 10.4. The third-order valence-corrected chi connectivity index (χ3v) is 3.18. The zero-order valence-electron chi connectivity index (χ0n) is 11.7. The number of amides is 1. The summed E-state index contributed by atoms with van der Waals surface area (Å²) in [5.74, 6) is -0.611. The van der Waals surface area contributed by atoms with E-state index < -0.39 is 0 Å². The molecule has 0 unspecified atom stereocenters. The number of benzene rings is 2. The molecule has 5 heteroatoms. The van der Waals surface area contributed by atoms with Crippen LogP contribution in [0.25, 0.3) is 0 Å². The number of carbonyl (C=O) groups excluding carboxylic acids is 1. The lowest BCUT2D eigenvalue weighted by atomic mass is 10.2. The number of anilines is 1. The fourth-order valence-corrected chi connectivity index (χ4v) is 2.07. The minimum absolute atomic E-state index is 0.272. The molecule has 110 valence electrons. The van der Waals surface area contributed by atoms with Crippen LogP contribution in [-0.4, -0.2) is 15.7 Å². The van der Waals surface area contributed by atoms with Crippen molar-refractivity contribution in [3.8, 4) is 0 Å². The summed E-state index contributed by atoms with van der Waals surface area (Å²) in [5.41, 5.74) is 2.11. The molecule has 1 amide bonds. The Morgan fingerprint density at radius 3 is 2.55 bits per heavy atom. The van der Waals surface area contributed by atoms with Crippen LogP contribution in [0.3, 0.4) is 0 Å². The molecule has 2 aromatic carbocycles. The number of rotatable bonds is 4. The Labute approximate surface area is 127 Å². The maximum absolute atomic E-state index is 12.8. The zero-order chi connectivity index (χ0) is 15.4. The molecule has 3 aromatic rings. The van der Waals surface area contributed by atoms with E-state index in [1.54, 1.807) is 10.9 Å². The first kappa shape index (κ1) is 14.0. The number of nitrogens with one attached hydrogen (secondary N) is 1. The van der Waals surface area contributed by atoms with Crippen molar-refractivity contribution in [1.29, 1.82) is 0 Å². The molecule has 0 aliphatic heterocycles. The highest BCUT2D eigenvalue weighted by Crippen LogP contribution is 2.11. The average molecular weight is 295 g/mol. The monoisotopic (exact) mass is 295 g/mol. The van der Waals surface area contributed by atoms with Gasteiger partial charge in [0.2, 0.25) is 0 Å². The van der Waals surface area contributed by atoms with Gasteiger partial charge in [0.25, 0.3) is 5.91 Å². The van der Waals surface area contributed by atoms with Crippen LogP contribution in [0, 0.1) is 5.82 Å². The predicted molar refractivity (Wildman–Crippen MR) is 82.1 cm³/mol. The number of nitrogens with zero attached hydrogens (tertiary/aromatic N) is 2. The van der Waals surface area contributed by atoms with Gasteiger partial charge in [-0.05, 0) is 29.8 Å². The van der Waals surface area contributed by atoms with Crippen molar-refractivity contribution < 1.29 is 9.18 Å². The smallest absolute Gasteiger partial charge is 0.258 e. The van der Waals surface area contributed by atoms with Crippen LogP contribution in [0.15, 0.2) is 67.0 Å². The van der Waals surface area contributed by atoms with Gasteiger partial charge in [-0.1, -0.05) is 30.3 Å². The molecule has 0 fully saturated rings. The summed E-state index contributed by atoms with van der Waals surface area (Å²) in [6, 6.07) is 15.5. The molecule has 1 heterocycles. The number of aromatic nitrogens is 2. The van der Waals surface area contributed by atoms with E-state index in [0.29, 0.717) is 17.8 Å². The van der Waals surface area contributed by atoms with Gasteiger partial charge in [0.1, 0.15) is 5.82 Å². The molecule has 1 N–H and O–H groups in total. The molecular weight excluding hydrogens is 281 g/mol. The molecule has 0 aliphatic carbocycles. The van der Waals surface area contributed by atoms with E-state index in [-0.39, 0.29) is 11.7 Å². The molecular formula is C17H14FN3O. The second kappa shape index (κ2) is 6.22. The number of halogens is 1. The lowest BCUT2D eigenvalue weighted by Gasteiger charge is -2.03. The first-order valence-corrected chi connectivity index (χ1v) is 6.84. The topological polar surface area (TPSA) is 46.9 Å². The Hall–Kier alpha value is -2.95. The number of carbonyl (C=O) groups is 1. The molecule has 0 spiro atoms. The Morgan fingerprint density at radius 1 is 1.09 bits per heavy atom. The molecule has 0 bridgehead atoms. The van der Waals surface area contributed by atoms with E-state index >= 15 is 0 Å². The van der Waals surface area contributed by atoms with Gasteiger partial charge in [0.05, 0.1) is 18.3 Å². The molecule has 4 nitrogen and oxygen atoms in total. The van der Waals surface area contributed by atoms with Crippen LogP contribution in [0.1, 0.15) is 15.9 Å². The van der Waals surface area contributed by atoms with Gasteiger partial charge in [0, 0.05) is 11.9 Å². The Balaban J connectivity index is 1.67. The lowest BCUT2D eigenvalue weighted by Crippen LogP contribution is -2.11. The molecule has 0 saturated carbocycles. The largest absolute Gasteiger partial charge is 0.322 e. The minimum atomic E-state index is -0.339. The van der Waals surface area contributed by atoms with Crippen LogP contribution in [0.2, 0.25) is 0 Å². The van der Waals surface area contributed by atoms with Crippen LogP contribution < -0.4 is 5.32 Å². The van der Waals surface area contributed by atoms with E-state index in [1.807, 2.05) is 30.3 Å². The minimum Gasteiger partial charge on any atom is -0.322 e. The molecule has 0 radical (unpaired) electrons. The van der Waals surface area contributed by atoms with Crippen LogP contribution in [-0.2, 0) is 6.54 Å². The van der Waals surface area contributed by atoms with Crippen molar-refractivity contribution in [2.24, 2.45) is 0 Å². The second-order valence-electron chi connectivity index (χ2n) is 4.87. The van der Waals surface area contributed by atoms with Gasteiger partial charge in [-0.2, -0.15) is 5.10 Å². The summed E-state index contributed by atoms with van der Waals surface area (Å²) >= 11 is 0. The van der Waals surface area contributed by atoms with Crippen LogP contribution in [0.4, 0.5) is 10.1 Å². The summed E-state index contributed by atoms with van der Waals surface area (Å²) in [7, 11) is 0. The fraction of sp³-hybridized carbons (Fsp3) is 0.0588. The summed E-state index contributed by atoms with van der Waals surface area (Å²) in [6.45, 7) is 0.602. The molecule has 0 aliphatic rings. The van der Waals surface area contributed by atoms with E-state index in [1.165, 1.54) is 30.5 Å². The summed E-state index contributed by atoms with van der Waals surface area (Å²) in [5, 5.41) is 6.89. The van der Waals surface area contributed by atoms with Crippen molar-refractivity contribution in [3.05, 3.63) is 83.9 Å². The number of hydrogen-bond donors (Lipinski definition) is 1. The SMILES string of the molecule is O=C(Nc1ccc(F)cc1)c1cnn(Cc2ccccc2)c1. The van der Waals surface area contributed by atoms with Crippen molar-refractivity contribution >= 4 is 11.6 Å². The van der Waals surface area contributed by atoms with E-state index in [4.69, 9.17) is 0 Å². The quantitative estimate of drug-likeness (QED) is 0.802. The van der Waals surface area contributed by atoms with Gasteiger partial charge in [0.15, 0.2) is 0 Å². The Bertz CT molecular complexity index is 766. The van der Waals surface area contributed by atoms with E-state index in [2.05, 4.69) is 10.4 Å². The standard InChI is InChI=1S/C17H14FN3O/c18-15-6-8-16(9-7-15)20-17(22)14-10-19-21(12-14)11-13-4-2-1-3-5-13/h1-10,12H,11H2,(H,20,22). The molecule has 22 heavy (non-hydrogen) atoms. The van der Waals surface area contributed by atoms with Gasteiger partial charge >= 0.3 is 0 Å². The molecule has 0 saturated heterocycles. The number of hydrogen-bond acceptors (Lipinski definition) is 2. The van der Waals surface area contributed by atoms with Crippen molar-refractivity contribution in [3.63, 3.8) is 0 Å². The highest BCUT2D eigenvalue weighted by Gasteiger charge is 2.09. The molecule has 3 rings (SSSR count). The maximum Gasteiger partial charge on any atom is 0.258 e. The summed E-state index contributed by atoms with van der Waals surface area (Å²) in [4.78, 5) is 12.1. The Morgan fingerprint density at radius 2 is 1.82 bits per heavy atom. The lowest BCUT2D eigenvalue weighted by molar-refractivity contribution is 0.102. The third kappa shape index (κ3) is 3.38. The summed E-state index contributed by atoms with van der Waals surface area (Å²) < 4.78 is 14.5. The Kier molecular flexibility index (Phi) is 3.96. The van der Waals surface area contributed by atoms with Gasteiger partial charge < -0.3 is 5.32 Å². The van der Waals surface area contributed by atoms with E-state index in [0.717, 1.165) is 5.56 Å². The van der Waals surface area contributed by atoms with Crippen molar-refractivity contribution in [2.75, 3.05) is 5.32 Å². The zero-order valence-corrected chi connectivity index (χ0v) is 11.7. The predicted octanol–water partition coefficient (Wildman–Crippen LogP) is 3.32. The van der Waals surface area contributed by atoms with Gasteiger partial charge in [-0.25, -0.2) is 4.39 Å². The van der Waals surface area contributed by atoms with Crippen LogP contribution in [0.5, 0.6) is 0 Å². The van der Waals surface area contributed by atoms with Crippen molar-refractivity contribution in [1.82, 2.24) is 9.78 Å². The van der Waals surface area contributed by atoms with Gasteiger partial charge in [-0.15, -0.1) is 0 Å². The second-order valence-corrected chi connectivity index (χ2v) is 4.87. The molecule has 0 atom stereocenters. The highest BCUT2D eigenvalue weighted by molar-refractivity contribution is 6.03.